The Morgan fingerprint density at radius 2 is 2.10 bits per heavy atom. The van der Waals surface area contributed by atoms with Gasteiger partial charge in [-0.25, -0.2) is 0 Å². The molecule has 3 N–H and O–H groups in total. The normalized spacial score (nSPS) is 16.8. The van der Waals surface area contributed by atoms with E-state index in [9.17, 15) is 9.59 Å². The standard InChI is InChI=1S/C15H23N3O3/c1-2-5-11-8-12(18-17-11)16-13(19)9-15(10-14(20)21)6-3-4-7-15/h8H,2-7,9-10H2,1H3,(H,20,21)(H2,16,17,18,19). The molecule has 0 aliphatic heterocycles. The molecule has 0 spiro atoms. The predicted octanol–water partition coefficient (Wildman–Crippen LogP) is 2.73. The third-order valence-corrected chi connectivity index (χ3v) is 4.14. The van der Waals surface area contributed by atoms with Gasteiger partial charge in [0, 0.05) is 18.2 Å². The van der Waals surface area contributed by atoms with Crippen molar-refractivity contribution in [2.24, 2.45) is 5.41 Å². The number of carboxylic acid groups (broad SMARTS) is 1. The number of aromatic amines is 1. The summed E-state index contributed by atoms with van der Waals surface area (Å²) >= 11 is 0. The zero-order valence-corrected chi connectivity index (χ0v) is 12.4. The van der Waals surface area contributed by atoms with Gasteiger partial charge in [0.25, 0.3) is 0 Å². The third-order valence-electron chi connectivity index (χ3n) is 4.14. The number of nitrogens with one attached hydrogen (secondary N) is 2. The first-order valence-electron chi connectivity index (χ1n) is 7.59. The smallest absolute Gasteiger partial charge is 0.303 e. The second-order valence-electron chi connectivity index (χ2n) is 6.03. The summed E-state index contributed by atoms with van der Waals surface area (Å²) in [5.41, 5.74) is 0.618. The van der Waals surface area contributed by atoms with E-state index in [2.05, 4.69) is 22.4 Å². The fraction of sp³-hybridized carbons (Fsp3) is 0.667. The van der Waals surface area contributed by atoms with Gasteiger partial charge >= 0.3 is 5.97 Å². The Bertz CT molecular complexity index is 504. The highest BCUT2D eigenvalue weighted by atomic mass is 16.4. The summed E-state index contributed by atoms with van der Waals surface area (Å²) in [6.07, 6.45) is 5.87. The molecular weight excluding hydrogens is 270 g/mol. The molecule has 1 amide bonds. The maximum atomic E-state index is 12.2. The van der Waals surface area contributed by atoms with Gasteiger partial charge in [-0.2, -0.15) is 5.10 Å². The second kappa shape index (κ2) is 6.74. The van der Waals surface area contributed by atoms with Crippen LogP contribution in [0.4, 0.5) is 5.82 Å². The number of aromatic nitrogens is 2. The first-order valence-corrected chi connectivity index (χ1v) is 7.59. The zero-order valence-electron chi connectivity index (χ0n) is 12.4. The van der Waals surface area contributed by atoms with Crippen molar-refractivity contribution in [3.8, 4) is 0 Å². The molecule has 0 aromatic carbocycles. The molecule has 1 aromatic rings. The van der Waals surface area contributed by atoms with Crippen molar-refractivity contribution >= 4 is 17.7 Å². The average Bonchev–Trinajstić information content (AvgIpc) is 2.99. The summed E-state index contributed by atoms with van der Waals surface area (Å²) in [5.74, 6) is -0.450. The van der Waals surface area contributed by atoms with Gasteiger partial charge in [0.2, 0.25) is 5.91 Å². The molecule has 1 heterocycles. The number of amides is 1. The number of rotatable bonds is 7. The van der Waals surface area contributed by atoms with Crippen LogP contribution >= 0.6 is 0 Å². The molecule has 6 nitrogen and oxygen atoms in total. The lowest BCUT2D eigenvalue weighted by molar-refractivity contribution is -0.140. The summed E-state index contributed by atoms with van der Waals surface area (Å²) in [6, 6.07) is 1.83. The molecule has 0 radical (unpaired) electrons. The van der Waals surface area contributed by atoms with Crippen molar-refractivity contribution in [1.29, 1.82) is 0 Å². The lowest BCUT2D eigenvalue weighted by atomic mass is 9.79. The summed E-state index contributed by atoms with van der Waals surface area (Å²) in [5, 5.41) is 18.8. The monoisotopic (exact) mass is 293 g/mol. The number of carbonyl (C=O) groups is 2. The van der Waals surface area contributed by atoms with Crippen LogP contribution in [0.25, 0.3) is 0 Å². The van der Waals surface area contributed by atoms with E-state index in [1.165, 1.54) is 0 Å². The molecule has 1 fully saturated rings. The molecule has 1 saturated carbocycles. The van der Waals surface area contributed by atoms with Gasteiger partial charge in [0.05, 0.1) is 6.42 Å². The summed E-state index contributed by atoms with van der Waals surface area (Å²) < 4.78 is 0. The Morgan fingerprint density at radius 3 is 2.71 bits per heavy atom. The highest BCUT2D eigenvalue weighted by Gasteiger charge is 2.38. The van der Waals surface area contributed by atoms with Crippen molar-refractivity contribution in [2.45, 2.75) is 58.3 Å². The van der Waals surface area contributed by atoms with Gasteiger partial charge in [-0.3, -0.25) is 14.7 Å². The number of hydrogen-bond acceptors (Lipinski definition) is 3. The molecular formula is C15H23N3O3. The van der Waals surface area contributed by atoms with E-state index in [4.69, 9.17) is 5.11 Å². The van der Waals surface area contributed by atoms with Gasteiger partial charge in [0.1, 0.15) is 0 Å². The number of nitrogens with zero attached hydrogens (tertiary/aromatic N) is 1. The van der Waals surface area contributed by atoms with Crippen LogP contribution in [0.5, 0.6) is 0 Å². The molecule has 1 aliphatic carbocycles. The minimum Gasteiger partial charge on any atom is -0.481 e. The molecule has 21 heavy (non-hydrogen) atoms. The Labute approximate surface area is 124 Å². The highest BCUT2D eigenvalue weighted by Crippen LogP contribution is 2.44. The molecule has 2 rings (SSSR count). The van der Waals surface area contributed by atoms with Crippen LogP contribution in [0.15, 0.2) is 6.07 Å². The van der Waals surface area contributed by atoms with Crippen molar-refractivity contribution in [3.63, 3.8) is 0 Å². The first-order chi connectivity index (χ1) is 10.0. The van der Waals surface area contributed by atoms with E-state index < -0.39 is 5.97 Å². The summed E-state index contributed by atoms with van der Waals surface area (Å²) in [7, 11) is 0. The van der Waals surface area contributed by atoms with Crippen molar-refractivity contribution in [1.82, 2.24) is 10.2 Å². The zero-order chi connectivity index (χ0) is 15.3. The van der Waals surface area contributed by atoms with Gasteiger partial charge in [-0.15, -0.1) is 0 Å². The molecule has 1 aromatic heterocycles. The van der Waals surface area contributed by atoms with E-state index in [1.807, 2.05) is 6.07 Å². The van der Waals surface area contributed by atoms with Gasteiger partial charge in [-0.05, 0) is 24.7 Å². The maximum absolute atomic E-state index is 12.2. The van der Waals surface area contributed by atoms with E-state index in [-0.39, 0.29) is 24.2 Å². The maximum Gasteiger partial charge on any atom is 0.303 e. The number of anilines is 1. The van der Waals surface area contributed by atoms with Crippen LogP contribution in [-0.2, 0) is 16.0 Å². The van der Waals surface area contributed by atoms with Crippen molar-refractivity contribution < 1.29 is 14.7 Å². The lowest BCUT2D eigenvalue weighted by Gasteiger charge is -2.26. The number of carbonyl (C=O) groups excluding carboxylic acids is 1. The van der Waals surface area contributed by atoms with Crippen LogP contribution in [0.1, 0.15) is 57.6 Å². The average molecular weight is 293 g/mol. The number of H-pyrrole nitrogens is 1. The third kappa shape index (κ3) is 4.31. The van der Waals surface area contributed by atoms with E-state index in [0.717, 1.165) is 44.2 Å². The molecule has 0 bridgehead atoms. The lowest BCUT2D eigenvalue weighted by Crippen LogP contribution is -2.27. The molecule has 0 atom stereocenters. The largest absolute Gasteiger partial charge is 0.481 e. The van der Waals surface area contributed by atoms with E-state index in [0.29, 0.717) is 5.82 Å². The molecule has 0 unspecified atom stereocenters. The first kappa shape index (κ1) is 15.5. The van der Waals surface area contributed by atoms with Crippen molar-refractivity contribution in [2.75, 3.05) is 5.32 Å². The van der Waals surface area contributed by atoms with Gasteiger partial charge in [-0.1, -0.05) is 26.2 Å². The second-order valence-corrected chi connectivity index (χ2v) is 6.03. The van der Waals surface area contributed by atoms with E-state index >= 15 is 0 Å². The molecule has 6 heteroatoms. The quantitative estimate of drug-likeness (QED) is 0.720. The number of aryl methyl sites for hydroxylation is 1. The van der Waals surface area contributed by atoms with Gasteiger partial charge in [0.15, 0.2) is 5.82 Å². The van der Waals surface area contributed by atoms with Crippen LogP contribution in [-0.4, -0.2) is 27.2 Å². The van der Waals surface area contributed by atoms with Crippen LogP contribution in [0.3, 0.4) is 0 Å². The molecule has 116 valence electrons. The number of carboxylic acids is 1. The summed E-state index contributed by atoms with van der Waals surface area (Å²) in [4.78, 5) is 23.2. The van der Waals surface area contributed by atoms with Crippen LogP contribution < -0.4 is 5.32 Å². The fourth-order valence-corrected chi connectivity index (χ4v) is 3.21. The highest BCUT2D eigenvalue weighted by molar-refractivity contribution is 5.90. The Balaban J connectivity index is 1.94. The van der Waals surface area contributed by atoms with Crippen molar-refractivity contribution in [3.05, 3.63) is 11.8 Å². The fourth-order valence-electron chi connectivity index (χ4n) is 3.21. The van der Waals surface area contributed by atoms with Crippen LogP contribution in [0.2, 0.25) is 0 Å². The minimum atomic E-state index is -0.824. The Hall–Kier alpha value is -1.85. The molecule has 0 saturated heterocycles. The van der Waals surface area contributed by atoms with E-state index in [1.54, 1.807) is 0 Å². The minimum absolute atomic E-state index is 0.0715. The number of hydrogen-bond donors (Lipinski definition) is 3. The number of aliphatic carboxylic acids is 1. The summed E-state index contributed by atoms with van der Waals surface area (Å²) in [6.45, 7) is 2.08. The molecule has 1 aliphatic rings. The SMILES string of the molecule is CCCc1cc(NC(=O)CC2(CC(=O)O)CCCC2)n[nH]1. The topological polar surface area (TPSA) is 95.1 Å². The Morgan fingerprint density at radius 1 is 1.38 bits per heavy atom. The van der Waals surface area contributed by atoms with Crippen LogP contribution in [0, 0.1) is 5.41 Å². The Kier molecular flexibility index (Phi) is 4.98. The predicted molar refractivity (Wildman–Crippen MR) is 79.0 cm³/mol. The van der Waals surface area contributed by atoms with Gasteiger partial charge < -0.3 is 10.4 Å².